The van der Waals surface area contributed by atoms with E-state index in [-0.39, 0.29) is 6.42 Å². The van der Waals surface area contributed by atoms with Gasteiger partial charge in [-0.25, -0.2) is 4.98 Å². The van der Waals surface area contributed by atoms with E-state index in [0.717, 1.165) is 0 Å². The minimum absolute atomic E-state index is 0.124. The molecule has 0 unspecified atom stereocenters. The van der Waals surface area contributed by atoms with Crippen LogP contribution in [0.5, 0.6) is 0 Å². The third kappa shape index (κ3) is 2.49. The number of nitrogens with one attached hydrogen (secondary N) is 1. The van der Waals surface area contributed by atoms with Gasteiger partial charge in [0.2, 0.25) is 0 Å². The number of azide groups is 1. The van der Waals surface area contributed by atoms with Gasteiger partial charge in [0.15, 0.2) is 0 Å². The maximum Gasteiger partial charge on any atom is 0.312 e. The van der Waals surface area contributed by atoms with Crippen molar-refractivity contribution in [2.75, 3.05) is 0 Å². The normalized spacial score (nSPS) is 11.7. The Morgan fingerprint density at radius 3 is 3.15 bits per heavy atom. The van der Waals surface area contributed by atoms with Gasteiger partial charge in [-0.05, 0) is 5.53 Å². The smallest absolute Gasteiger partial charge is 0.312 e. The molecule has 0 radical (unpaired) electrons. The topological polar surface area (TPSA) is 115 Å². The molecule has 1 aromatic heterocycles. The number of hydrogen-bond acceptors (Lipinski definition) is 3. The van der Waals surface area contributed by atoms with Gasteiger partial charge >= 0.3 is 5.97 Å². The van der Waals surface area contributed by atoms with E-state index in [2.05, 4.69) is 20.0 Å². The van der Waals surface area contributed by atoms with Gasteiger partial charge in [0.25, 0.3) is 0 Å². The summed E-state index contributed by atoms with van der Waals surface area (Å²) < 4.78 is 0. The average molecular weight is 181 g/mol. The Kier molecular flexibility index (Phi) is 2.88. The van der Waals surface area contributed by atoms with Crippen molar-refractivity contribution in [3.8, 4) is 0 Å². The maximum absolute atomic E-state index is 10.5. The largest absolute Gasteiger partial charge is 0.481 e. The second kappa shape index (κ2) is 4.13. The van der Waals surface area contributed by atoms with E-state index in [1.165, 1.54) is 12.5 Å². The Balaban J connectivity index is 2.68. The van der Waals surface area contributed by atoms with E-state index in [4.69, 9.17) is 10.6 Å². The Morgan fingerprint density at radius 1 is 1.92 bits per heavy atom. The molecule has 1 rings (SSSR count). The molecule has 0 amide bonds. The summed E-state index contributed by atoms with van der Waals surface area (Å²) in [7, 11) is 0. The van der Waals surface area contributed by atoms with Crippen LogP contribution in [0.2, 0.25) is 0 Å². The molecule has 0 aliphatic rings. The van der Waals surface area contributed by atoms with E-state index in [9.17, 15) is 4.79 Å². The highest BCUT2D eigenvalue weighted by Crippen LogP contribution is 2.02. The second-order valence-corrected chi connectivity index (χ2v) is 2.34. The predicted molar refractivity (Wildman–Crippen MR) is 42.9 cm³/mol. The molecule has 7 nitrogen and oxygen atoms in total. The molecule has 0 saturated heterocycles. The van der Waals surface area contributed by atoms with Crippen molar-refractivity contribution in [2.45, 2.75) is 12.5 Å². The van der Waals surface area contributed by atoms with Crippen molar-refractivity contribution in [1.29, 1.82) is 0 Å². The van der Waals surface area contributed by atoms with Crippen LogP contribution in [-0.4, -0.2) is 27.1 Å². The van der Waals surface area contributed by atoms with Crippen molar-refractivity contribution in [3.05, 3.63) is 28.7 Å². The van der Waals surface area contributed by atoms with Crippen LogP contribution in [0.15, 0.2) is 17.6 Å². The number of aromatic nitrogens is 2. The molecule has 1 aromatic rings. The molecule has 68 valence electrons. The monoisotopic (exact) mass is 181 g/mol. The number of nitrogens with zero attached hydrogens (tertiary/aromatic N) is 4. The fourth-order valence-electron chi connectivity index (χ4n) is 0.844. The molecule has 0 aromatic carbocycles. The Labute approximate surface area is 73.0 Å². The zero-order valence-electron chi connectivity index (χ0n) is 6.58. The van der Waals surface area contributed by atoms with Gasteiger partial charge in [-0.15, -0.1) is 0 Å². The number of H-pyrrole nitrogens is 1. The number of aliphatic carboxylic acids is 1. The first kappa shape index (κ1) is 9.08. The van der Waals surface area contributed by atoms with Crippen molar-refractivity contribution in [3.63, 3.8) is 0 Å². The lowest BCUT2D eigenvalue weighted by Crippen LogP contribution is -2.19. The summed E-state index contributed by atoms with van der Waals surface area (Å²) in [5.74, 6) is -1.15. The van der Waals surface area contributed by atoms with Crippen LogP contribution in [0.4, 0.5) is 0 Å². The molecular weight excluding hydrogens is 174 g/mol. The Morgan fingerprint density at radius 2 is 2.69 bits per heavy atom. The third-order valence-electron chi connectivity index (χ3n) is 1.44. The van der Waals surface area contributed by atoms with Crippen LogP contribution in [0, 0.1) is 0 Å². The van der Waals surface area contributed by atoms with E-state index in [1.807, 2.05) is 0 Å². The van der Waals surface area contributed by atoms with E-state index < -0.39 is 12.0 Å². The summed E-state index contributed by atoms with van der Waals surface area (Å²) in [4.78, 5) is 19.4. The number of carboxylic acid groups (broad SMARTS) is 1. The van der Waals surface area contributed by atoms with Gasteiger partial charge < -0.3 is 10.1 Å². The third-order valence-corrected chi connectivity index (χ3v) is 1.44. The lowest BCUT2D eigenvalue weighted by Gasteiger charge is -2.01. The first-order valence-corrected chi connectivity index (χ1v) is 3.48. The Hall–Kier alpha value is -2.01. The van der Waals surface area contributed by atoms with Crippen molar-refractivity contribution in [2.24, 2.45) is 5.11 Å². The lowest BCUT2D eigenvalue weighted by atomic mass is 10.2. The summed E-state index contributed by atoms with van der Waals surface area (Å²) in [5, 5.41) is 11.7. The number of aromatic amines is 1. The fraction of sp³-hybridized carbons (Fsp3) is 0.333. The van der Waals surface area contributed by atoms with Crippen molar-refractivity contribution in [1.82, 2.24) is 9.97 Å². The highest BCUT2D eigenvalue weighted by molar-refractivity contribution is 5.73. The molecule has 0 bridgehead atoms. The molecule has 0 fully saturated rings. The zero-order chi connectivity index (χ0) is 9.68. The van der Waals surface area contributed by atoms with Gasteiger partial charge in [-0.1, -0.05) is 5.11 Å². The van der Waals surface area contributed by atoms with Crippen LogP contribution in [0.3, 0.4) is 0 Å². The molecule has 1 heterocycles. The van der Waals surface area contributed by atoms with Gasteiger partial charge in [-0.3, -0.25) is 4.79 Å². The quantitative estimate of drug-likeness (QED) is 0.405. The molecule has 13 heavy (non-hydrogen) atoms. The standard InChI is InChI=1S/C6H7N5O2/c7-11-10-5(6(12)13)1-4-2-8-3-9-4/h2-3,5H,1H2,(H,8,9)(H,12,13)/t5-/m0/s1. The molecular formula is C6H7N5O2. The average Bonchev–Trinajstić information content (AvgIpc) is 2.56. The van der Waals surface area contributed by atoms with Crippen LogP contribution in [-0.2, 0) is 11.2 Å². The summed E-state index contributed by atoms with van der Waals surface area (Å²) in [6.45, 7) is 0. The summed E-state index contributed by atoms with van der Waals surface area (Å²) in [6.07, 6.45) is 3.05. The zero-order valence-corrected chi connectivity index (χ0v) is 6.58. The van der Waals surface area contributed by atoms with E-state index in [1.54, 1.807) is 0 Å². The Bertz CT molecular complexity index is 325. The van der Waals surface area contributed by atoms with Crippen LogP contribution < -0.4 is 0 Å². The molecule has 0 spiro atoms. The summed E-state index contributed by atoms with van der Waals surface area (Å²) in [5.41, 5.74) is 8.71. The van der Waals surface area contributed by atoms with E-state index in [0.29, 0.717) is 5.69 Å². The van der Waals surface area contributed by atoms with E-state index >= 15 is 0 Å². The van der Waals surface area contributed by atoms with Gasteiger partial charge in [0.1, 0.15) is 6.04 Å². The van der Waals surface area contributed by atoms with Gasteiger partial charge in [0.05, 0.1) is 6.33 Å². The summed E-state index contributed by atoms with van der Waals surface area (Å²) in [6, 6.07) is -1.08. The van der Waals surface area contributed by atoms with Gasteiger partial charge in [0, 0.05) is 23.2 Å². The highest BCUT2D eigenvalue weighted by Gasteiger charge is 2.16. The number of imidazole rings is 1. The molecule has 0 aliphatic carbocycles. The molecule has 7 heteroatoms. The first-order valence-electron chi connectivity index (χ1n) is 3.48. The first-order chi connectivity index (χ1) is 6.24. The number of hydrogen-bond donors (Lipinski definition) is 2. The number of carboxylic acids is 1. The van der Waals surface area contributed by atoms with Crippen LogP contribution in [0.1, 0.15) is 5.69 Å². The second-order valence-electron chi connectivity index (χ2n) is 2.34. The predicted octanol–water partition coefficient (Wildman–Crippen LogP) is 0.716. The summed E-state index contributed by atoms with van der Waals surface area (Å²) >= 11 is 0. The van der Waals surface area contributed by atoms with Crippen LogP contribution >= 0.6 is 0 Å². The number of carbonyl (C=O) groups is 1. The maximum atomic E-state index is 10.5. The highest BCUT2D eigenvalue weighted by atomic mass is 16.4. The molecule has 2 N–H and O–H groups in total. The van der Waals surface area contributed by atoms with Gasteiger partial charge in [-0.2, -0.15) is 0 Å². The lowest BCUT2D eigenvalue weighted by molar-refractivity contribution is -0.138. The SMILES string of the molecule is [N-]=[N+]=N[C@@H](Cc1cnc[nH]1)C(=O)O. The van der Waals surface area contributed by atoms with Crippen LogP contribution in [0.25, 0.3) is 10.4 Å². The molecule has 0 saturated carbocycles. The molecule has 0 aliphatic heterocycles. The minimum atomic E-state index is -1.15. The molecule has 1 atom stereocenters. The fourth-order valence-corrected chi connectivity index (χ4v) is 0.844. The van der Waals surface area contributed by atoms with Crippen molar-refractivity contribution < 1.29 is 9.90 Å². The number of rotatable bonds is 4. The minimum Gasteiger partial charge on any atom is -0.481 e. The van der Waals surface area contributed by atoms with Crippen molar-refractivity contribution >= 4 is 5.97 Å².